The molecule has 2 aromatic carbocycles. The van der Waals surface area contributed by atoms with Gasteiger partial charge in [0, 0.05) is 37.3 Å². The van der Waals surface area contributed by atoms with Gasteiger partial charge in [0.05, 0.1) is 16.5 Å². The molecule has 1 amide bonds. The first-order valence-electron chi connectivity index (χ1n) is 12.2. The number of nitrogens with zero attached hydrogens (tertiary/aromatic N) is 2. The van der Waals surface area contributed by atoms with Crippen molar-refractivity contribution in [3.63, 3.8) is 0 Å². The number of sulfonamides is 1. The number of allylic oxidation sites excluding steroid dienone is 1. The van der Waals surface area contributed by atoms with Gasteiger partial charge in [0.15, 0.2) is 0 Å². The van der Waals surface area contributed by atoms with Gasteiger partial charge in [0.25, 0.3) is 15.9 Å². The maximum Gasteiger partial charge on any atom is 0.261 e. The van der Waals surface area contributed by atoms with Gasteiger partial charge in [-0.05, 0) is 67.4 Å². The molecule has 2 aromatic rings. The monoisotopic (exact) mass is 505 g/mol. The summed E-state index contributed by atoms with van der Waals surface area (Å²) in [6.45, 7) is 1.74. The first-order chi connectivity index (χ1) is 17.2. The molecule has 3 aliphatic rings. The minimum Gasteiger partial charge on any atom is -0.389 e. The van der Waals surface area contributed by atoms with Gasteiger partial charge in [-0.2, -0.15) is 0 Å². The van der Waals surface area contributed by atoms with Crippen LogP contribution in [0.15, 0.2) is 89.4 Å². The summed E-state index contributed by atoms with van der Waals surface area (Å²) in [5.74, 6) is -0.118. The molecule has 36 heavy (non-hydrogen) atoms. The smallest absolute Gasteiger partial charge is 0.261 e. The first kappa shape index (κ1) is 24.5. The molecule has 0 saturated carbocycles. The van der Waals surface area contributed by atoms with E-state index in [1.807, 2.05) is 49.5 Å². The zero-order chi connectivity index (χ0) is 25.3. The van der Waals surface area contributed by atoms with Crippen molar-refractivity contribution in [1.29, 1.82) is 0 Å². The molecule has 2 aliphatic heterocycles. The molecular formula is C28H31N3O4S. The Morgan fingerprint density at radius 1 is 1.08 bits per heavy atom. The van der Waals surface area contributed by atoms with Crippen LogP contribution in [-0.2, 0) is 16.4 Å². The lowest BCUT2D eigenvalue weighted by Crippen LogP contribution is -2.47. The third kappa shape index (κ3) is 5.16. The molecule has 2 N–H and O–H groups in total. The van der Waals surface area contributed by atoms with Crippen molar-refractivity contribution < 1.29 is 18.3 Å². The first-order valence-corrected chi connectivity index (χ1v) is 13.7. The van der Waals surface area contributed by atoms with Crippen molar-refractivity contribution in [2.24, 2.45) is 0 Å². The van der Waals surface area contributed by atoms with E-state index in [0.717, 1.165) is 17.7 Å². The third-order valence-electron chi connectivity index (χ3n) is 7.23. The van der Waals surface area contributed by atoms with Crippen LogP contribution in [0.25, 0.3) is 0 Å². The summed E-state index contributed by atoms with van der Waals surface area (Å²) >= 11 is 0. The fourth-order valence-corrected chi connectivity index (χ4v) is 6.18. The van der Waals surface area contributed by atoms with Gasteiger partial charge < -0.3 is 10.0 Å². The fraction of sp³-hybridized carbons (Fsp3) is 0.321. The maximum atomic E-state index is 13.0. The molecule has 0 bridgehead atoms. The number of hydrogen-bond donors (Lipinski definition) is 2. The van der Waals surface area contributed by atoms with Crippen molar-refractivity contribution in [3.05, 3.63) is 101 Å². The predicted molar refractivity (Wildman–Crippen MR) is 141 cm³/mol. The molecule has 8 heteroatoms. The highest BCUT2D eigenvalue weighted by molar-refractivity contribution is 7.96. The van der Waals surface area contributed by atoms with E-state index in [4.69, 9.17) is 0 Å². The van der Waals surface area contributed by atoms with Gasteiger partial charge in [-0.3, -0.25) is 14.4 Å². The van der Waals surface area contributed by atoms with Crippen molar-refractivity contribution in [2.75, 3.05) is 31.4 Å². The number of aliphatic hydroxyl groups is 1. The van der Waals surface area contributed by atoms with Crippen molar-refractivity contribution in [2.45, 2.75) is 30.9 Å². The Balaban J connectivity index is 1.19. The summed E-state index contributed by atoms with van der Waals surface area (Å²) in [7, 11) is -1.74. The van der Waals surface area contributed by atoms with Gasteiger partial charge in [-0.1, -0.05) is 42.5 Å². The summed E-state index contributed by atoms with van der Waals surface area (Å²) < 4.78 is 28.4. The number of nitrogens with one attached hydrogen (secondary N) is 1. The van der Waals surface area contributed by atoms with E-state index in [2.05, 4.69) is 9.62 Å². The molecule has 2 heterocycles. The molecule has 1 unspecified atom stereocenters. The molecule has 0 radical (unpaired) electrons. The Morgan fingerprint density at radius 2 is 1.78 bits per heavy atom. The number of fused-ring (bicyclic) bond motifs is 1. The highest BCUT2D eigenvalue weighted by Gasteiger charge is 2.34. The van der Waals surface area contributed by atoms with E-state index in [1.165, 1.54) is 0 Å². The molecule has 188 valence electrons. The summed E-state index contributed by atoms with van der Waals surface area (Å²) in [5, 5.41) is 11.0. The minimum absolute atomic E-state index is 0.118. The SMILES string of the molecule is CN1CC=C2C=C(S(=O)(=O)Nc3ccc(C(=O)N4CCC(O)(Cc5ccccc5)CC4)cc3)C=CC21. The second kappa shape index (κ2) is 9.69. The van der Waals surface area contributed by atoms with Gasteiger partial charge in [-0.25, -0.2) is 8.42 Å². The number of carbonyl (C=O) groups excluding carboxylic acids is 1. The Hall–Kier alpha value is -3.20. The average Bonchev–Trinajstić information content (AvgIpc) is 3.25. The summed E-state index contributed by atoms with van der Waals surface area (Å²) in [6, 6.07) is 16.5. The largest absolute Gasteiger partial charge is 0.389 e. The molecule has 0 spiro atoms. The number of hydrogen-bond acceptors (Lipinski definition) is 5. The topological polar surface area (TPSA) is 90.0 Å². The van der Waals surface area contributed by atoms with E-state index in [1.54, 1.807) is 41.3 Å². The van der Waals surface area contributed by atoms with Crippen LogP contribution < -0.4 is 4.72 Å². The number of carbonyl (C=O) groups is 1. The summed E-state index contributed by atoms with van der Waals surface area (Å²) in [5.41, 5.74) is 2.15. The van der Waals surface area contributed by atoms with Crippen LogP contribution in [0.2, 0.25) is 0 Å². The second-order valence-electron chi connectivity index (χ2n) is 9.86. The quantitative estimate of drug-likeness (QED) is 0.629. The van der Waals surface area contributed by atoms with Crippen LogP contribution in [0.4, 0.5) is 5.69 Å². The fourth-order valence-electron chi connectivity index (χ4n) is 5.06. The predicted octanol–water partition coefficient (Wildman–Crippen LogP) is 3.33. The molecule has 1 aliphatic carbocycles. The Morgan fingerprint density at radius 3 is 2.47 bits per heavy atom. The Kier molecular flexibility index (Phi) is 6.59. The lowest BCUT2D eigenvalue weighted by molar-refractivity contribution is -0.0162. The lowest BCUT2D eigenvalue weighted by atomic mass is 9.85. The minimum atomic E-state index is -3.74. The summed E-state index contributed by atoms with van der Waals surface area (Å²) in [6.07, 6.45) is 8.89. The van der Waals surface area contributed by atoms with Gasteiger partial charge in [0.1, 0.15) is 0 Å². The standard InChI is InChI=1S/C28H31N3O4S/c1-30-16-13-23-19-25(11-12-26(23)30)36(34,35)29-24-9-7-22(8-10-24)27(32)31-17-14-28(33,15-18-31)20-21-5-3-2-4-6-21/h2-13,19,26,29,33H,14-18,20H2,1H3. The third-order valence-corrected chi connectivity index (χ3v) is 8.61. The second-order valence-corrected chi connectivity index (χ2v) is 11.5. The summed E-state index contributed by atoms with van der Waals surface area (Å²) in [4.78, 5) is 17.1. The van der Waals surface area contributed by atoms with Crippen LogP contribution in [0.3, 0.4) is 0 Å². The highest BCUT2D eigenvalue weighted by atomic mass is 32.2. The number of rotatable bonds is 6. The normalized spacial score (nSPS) is 21.5. The molecule has 0 aromatic heterocycles. The maximum absolute atomic E-state index is 13.0. The highest BCUT2D eigenvalue weighted by Crippen LogP contribution is 2.29. The van der Waals surface area contributed by atoms with Crippen LogP contribution in [-0.4, -0.2) is 67.6 Å². The zero-order valence-electron chi connectivity index (χ0n) is 20.3. The Labute approximate surface area is 212 Å². The van der Waals surface area contributed by atoms with Crippen molar-refractivity contribution in [1.82, 2.24) is 9.80 Å². The van der Waals surface area contributed by atoms with Crippen molar-refractivity contribution >= 4 is 21.6 Å². The van der Waals surface area contributed by atoms with E-state index in [9.17, 15) is 18.3 Å². The van der Waals surface area contributed by atoms with Crippen LogP contribution in [0, 0.1) is 0 Å². The van der Waals surface area contributed by atoms with Crippen LogP contribution in [0.5, 0.6) is 0 Å². The van der Waals surface area contributed by atoms with E-state index in [0.29, 0.717) is 43.6 Å². The molecule has 5 rings (SSSR count). The molecule has 1 atom stereocenters. The molecular weight excluding hydrogens is 474 g/mol. The number of piperidine rings is 1. The zero-order valence-corrected chi connectivity index (χ0v) is 21.1. The number of amides is 1. The van der Waals surface area contributed by atoms with Gasteiger partial charge >= 0.3 is 0 Å². The van der Waals surface area contributed by atoms with Crippen molar-refractivity contribution in [3.8, 4) is 0 Å². The van der Waals surface area contributed by atoms with E-state index >= 15 is 0 Å². The van der Waals surface area contributed by atoms with Crippen LogP contribution >= 0.6 is 0 Å². The molecule has 1 fully saturated rings. The van der Waals surface area contributed by atoms with Gasteiger partial charge in [-0.15, -0.1) is 0 Å². The molecule has 7 nitrogen and oxygen atoms in total. The number of likely N-dealkylation sites (N-methyl/N-ethyl adjacent to an activating group) is 1. The number of likely N-dealkylation sites (tertiary alicyclic amines) is 1. The number of anilines is 1. The average molecular weight is 506 g/mol. The number of benzene rings is 2. The van der Waals surface area contributed by atoms with Gasteiger partial charge in [0.2, 0.25) is 0 Å². The lowest BCUT2D eigenvalue weighted by Gasteiger charge is -2.38. The van der Waals surface area contributed by atoms with E-state index in [-0.39, 0.29) is 16.9 Å². The molecule has 1 saturated heterocycles. The van der Waals surface area contributed by atoms with Crippen LogP contribution in [0.1, 0.15) is 28.8 Å². The Bertz CT molecular complexity index is 1320. The van der Waals surface area contributed by atoms with E-state index < -0.39 is 15.6 Å².